The molecule has 16 heavy (non-hydrogen) atoms. The summed E-state index contributed by atoms with van der Waals surface area (Å²) < 4.78 is 0. The van der Waals surface area contributed by atoms with E-state index in [1.54, 1.807) is 6.20 Å². The molecule has 3 N–H and O–H groups in total. The van der Waals surface area contributed by atoms with Crippen LogP contribution in [0.4, 0.5) is 5.82 Å². The van der Waals surface area contributed by atoms with Crippen LogP contribution in [-0.2, 0) is 0 Å². The number of aromatic nitrogens is 1. The number of pyridine rings is 1. The molecule has 0 fully saturated rings. The molecule has 0 aliphatic heterocycles. The first-order chi connectivity index (χ1) is 7.69. The normalized spacial score (nSPS) is 12.1. The summed E-state index contributed by atoms with van der Waals surface area (Å²) in [6.07, 6.45) is 5.11. The Morgan fingerprint density at radius 2 is 2.31 bits per heavy atom. The minimum Gasteiger partial charge on any atom is -0.389 e. The third-order valence-electron chi connectivity index (χ3n) is 2.54. The van der Waals surface area contributed by atoms with Crippen molar-refractivity contribution in [2.24, 2.45) is 5.73 Å². The average Bonchev–Trinajstić information content (AvgIpc) is 2.29. The molecule has 88 valence electrons. The van der Waals surface area contributed by atoms with Gasteiger partial charge in [-0.15, -0.1) is 0 Å². The van der Waals surface area contributed by atoms with E-state index < -0.39 is 0 Å². The van der Waals surface area contributed by atoms with Crippen molar-refractivity contribution in [2.75, 3.05) is 5.32 Å². The van der Waals surface area contributed by atoms with Crippen molar-refractivity contribution in [2.45, 2.75) is 39.2 Å². The molecule has 1 aromatic rings. The van der Waals surface area contributed by atoms with Crippen LogP contribution in [0.2, 0.25) is 0 Å². The van der Waals surface area contributed by atoms with Gasteiger partial charge in [0.1, 0.15) is 10.8 Å². The maximum Gasteiger partial charge on any atom is 0.136 e. The Bertz CT molecular complexity index is 352. The maximum absolute atomic E-state index is 5.66. The van der Waals surface area contributed by atoms with Gasteiger partial charge in [0.15, 0.2) is 0 Å². The highest BCUT2D eigenvalue weighted by Crippen LogP contribution is 2.15. The first kappa shape index (κ1) is 12.9. The summed E-state index contributed by atoms with van der Waals surface area (Å²) >= 11 is 5.00. The van der Waals surface area contributed by atoms with Crippen molar-refractivity contribution < 1.29 is 0 Å². The zero-order chi connectivity index (χ0) is 12.0. The molecule has 1 rings (SSSR count). The van der Waals surface area contributed by atoms with Crippen LogP contribution in [0.1, 0.15) is 38.7 Å². The summed E-state index contributed by atoms with van der Waals surface area (Å²) in [4.78, 5) is 4.68. The predicted octanol–water partition coefficient (Wildman–Crippen LogP) is 2.71. The number of thiocarbonyl (C=S) groups is 1. The molecule has 0 aromatic carbocycles. The molecule has 0 aliphatic carbocycles. The van der Waals surface area contributed by atoms with Gasteiger partial charge in [-0.25, -0.2) is 4.98 Å². The number of nitrogens with two attached hydrogens (primary N) is 1. The third kappa shape index (κ3) is 3.45. The summed E-state index contributed by atoms with van der Waals surface area (Å²) in [5.41, 5.74) is 6.48. The number of rotatable bonds is 6. The summed E-state index contributed by atoms with van der Waals surface area (Å²) in [6.45, 7) is 4.34. The van der Waals surface area contributed by atoms with E-state index in [4.69, 9.17) is 18.0 Å². The van der Waals surface area contributed by atoms with Crippen molar-refractivity contribution in [3.8, 4) is 0 Å². The van der Waals surface area contributed by atoms with Crippen molar-refractivity contribution in [1.29, 1.82) is 0 Å². The van der Waals surface area contributed by atoms with Gasteiger partial charge < -0.3 is 11.1 Å². The molecule has 0 bridgehead atoms. The molecule has 4 heteroatoms. The maximum atomic E-state index is 5.66. The van der Waals surface area contributed by atoms with Gasteiger partial charge in [0, 0.05) is 12.2 Å². The molecule has 3 nitrogen and oxygen atoms in total. The number of nitrogens with one attached hydrogen (secondary N) is 1. The lowest BCUT2D eigenvalue weighted by Gasteiger charge is -2.18. The minimum absolute atomic E-state index is 0.391. The molecule has 1 atom stereocenters. The first-order valence-electron chi connectivity index (χ1n) is 5.70. The average molecular weight is 237 g/mol. The smallest absolute Gasteiger partial charge is 0.136 e. The van der Waals surface area contributed by atoms with Crippen LogP contribution in [0.5, 0.6) is 0 Å². The number of hydrogen-bond acceptors (Lipinski definition) is 3. The molecule has 0 saturated carbocycles. The van der Waals surface area contributed by atoms with E-state index >= 15 is 0 Å². The lowest BCUT2D eigenvalue weighted by molar-refractivity contribution is 0.620. The van der Waals surface area contributed by atoms with Crippen molar-refractivity contribution in [3.05, 3.63) is 23.9 Å². The number of nitrogens with zero attached hydrogens (tertiary/aromatic N) is 1. The van der Waals surface area contributed by atoms with Crippen LogP contribution < -0.4 is 11.1 Å². The lowest BCUT2D eigenvalue weighted by Crippen LogP contribution is -2.22. The van der Waals surface area contributed by atoms with Gasteiger partial charge >= 0.3 is 0 Å². The lowest BCUT2D eigenvalue weighted by atomic mass is 10.1. The van der Waals surface area contributed by atoms with Gasteiger partial charge in [-0.05, 0) is 25.0 Å². The Morgan fingerprint density at radius 3 is 2.88 bits per heavy atom. The van der Waals surface area contributed by atoms with E-state index in [2.05, 4.69) is 24.1 Å². The molecule has 1 unspecified atom stereocenters. The quantitative estimate of drug-likeness (QED) is 0.747. The van der Waals surface area contributed by atoms with E-state index in [-0.39, 0.29) is 0 Å². The van der Waals surface area contributed by atoms with Crippen LogP contribution in [0, 0.1) is 0 Å². The van der Waals surface area contributed by atoms with Gasteiger partial charge in [0.25, 0.3) is 0 Å². The van der Waals surface area contributed by atoms with Gasteiger partial charge in [-0.3, -0.25) is 0 Å². The predicted molar refractivity (Wildman–Crippen MR) is 72.7 cm³/mol. The fourth-order valence-corrected chi connectivity index (χ4v) is 1.80. The molecular weight excluding hydrogens is 218 g/mol. The number of hydrogen-bond donors (Lipinski definition) is 2. The Morgan fingerprint density at radius 1 is 1.56 bits per heavy atom. The van der Waals surface area contributed by atoms with Crippen LogP contribution in [0.25, 0.3) is 0 Å². The van der Waals surface area contributed by atoms with E-state index in [0.717, 1.165) is 30.6 Å². The van der Waals surface area contributed by atoms with Crippen LogP contribution in [-0.4, -0.2) is 16.0 Å². The fourth-order valence-electron chi connectivity index (χ4n) is 1.64. The second-order valence-corrected chi connectivity index (χ2v) is 4.24. The molecule has 0 saturated heterocycles. The van der Waals surface area contributed by atoms with E-state index in [1.165, 1.54) is 0 Å². The zero-order valence-corrected chi connectivity index (χ0v) is 10.7. The Kier molecular flexibility index (Phi) is 5.19. The molecule has 0 amide bonds. The number of anilines is 1. The minimum atomic E-state index is 0.391. The van der Waals surface area contributed by atoms with Gasteiger partial charge in [-0.1, -0.05) is 32.5 Å². The van der Waals surface area contributed by atoms with E-state index in [1.807, 2.05) is 12.1 Å². The summed E-state index contributed by atoms with van der Waals surface area (Å²) in [7, 11) is 0. The SMILES string of the molecule is CCCC(CC)Nc1ncccc1C(N)=S. The fraction of sp³-hybridized carbons (Fsp3) is 0.500. The summed E-state index contributed by atoms with van der Waals surface area (Å²) in [5, 5.41) is 3.40. The second-order valence-electron chi connectivity index (χ2n) is 3.80. The van der Waals surface area contributed by atoms with Gasteiger partial charge in [0.2, 0.25) is 0 Å². The van der Waals surface area contributed by atoms with Crippen LogP contribution in [0.15, 0.2) is 18.3 Å². The van der Waals surface area contributed by atoms with Crippen LogP contribution in [0.3, 0.4) is 0 Å². The highest BCUT2D eigenvalue weighted by atomic mass is 32.1. The summed E-state index contributed by atoms with van der Waals surface area (Å²) in [5.74, 6) is 0.801. The topological polar surface area (TPSA) is 50.9 Å². The highest BCUT2D eigenvalue weighted by molar-refractivity contribution is 7.80. The van der Waals surface area contributed by atoms with Gasteiger partial charge in [0.05, 0.1) is 5.56 Å². The molecular formula is C12H19N3S. The molecule has 0 spiro atoms. The third-order valence-corrected chi connectivity index (χ3v) is 2.76. The monoisotopic (exact) mass is 237 g/mol. The van der Waals surface area contributed by atoms with E-state index in [9.17, 15) is 0 Å². The Hall–Kier alpha value is -1.16. The summed E-state index contributed by atoms with van der Waals surface area (Å²) in [6, 6.07) is 4.18. The molecule has 0 radical (unpaired) electrons. The second kappa shape index (κ2) is 6.43. The standard InChI is InChI=1S/C12H19N3S/c1-3-6-9(4-2)15-12-10(11(13)16)7-5-8-14-12/h5,7-9H,3-4,6H2,1-2H3,(H2,13,16)(H,14,15). The van der Waals surface area contributed by atoms with Crippen molar-refractivity contribution in [1.82, 2.24) is 4.98 Å². The largest absolute Gasteiger partial charge is 0.389 e. The molecule has 1 aromatic heterocycles. The van der Waals surface area contributed by atoms with E-state index in [0.29, 0.717) is 11.0 Å². The molecule has 1 heterocycles. The van der Waals surface area contributed by atoms with Crippen LogP contribution >= 0.6 is 12.2 Å². The highest BCUT2D eigenvalue weighted by Gasteiger charge is 2.10. The Balaban J connectivity index is 2.82. The first-order valence-corrected chi connectivity index (χ1v) is 6.11. The Labute approximate surface area is 102 Å². The molecule has 0 aliphatic rings. The van der Waals surface area contributed by atoms with Gasteiger partial charge in [-0.2, -0.15) is 0 Å². The van der Waals surface area contributed by atoms with Crippen molar-refractivity contribution in [3.63, 3.8) is 0 Å². The van der Waals surface area contributed by atoms with Crippen molar-refractivity contribution >= 4 is 23.0 Å². The zero-order valence-electron chi connectivity index (χ0n) is 9.86.